The van der Waals surface area contributed by atoms with Crippen LogP contribution < -0.4 is 10.6 Å². The first-order chi connectivity index (χ1) is 8.20. The van der Waals surface area contributed by atoms with Gasteiger partial charge in [0.15, 0.2) is 0 Å². The van der Waals surface area contributed by atoms with Crippen LogP contribution in [0.15, 0.2) is 36.9 Å². The number of benzene rings is 1. The van der Waals surface area contributed by atoms with Crippen LogP contribution >= 0.6 is 0 Å². The minimum absolute atomic E-state index is 0.0153. The number of carbonyl (C=O) groups is 1. The Bertz CT molecular complexity index is 428. The van der Waals surface area contributed by atoms with Crippen molar-refractivity contribution in [3.05, 3.63) is 48.0 Å². The molecule has 0 aliphatic carbocycles. The number of carbonyl (C=O) groups excluding carboxylic acids is 1. The molecule has 2 rings (SSSR count). The van der Waals surface area contributed by atoms with Gasteiger partial charge >= 0.3 is 0 Å². The van der Waals surface area contributed by atoms with E-state index in [9.17, 15) is 4.79 Å². The molecule has 0 radical (unpaired) electrons. The van der Waals surface area contributed by atoms with E-state index in [0.29, 0.717) is 0 Å². The van der Waals surface area contributed by atoms with Crippen molar-refractivity contribution >= 4 is 5.91 Å². The fraction of sp³-hybridized carbons (Fsp3) is 0.357. The Balaban J connectivity index is 2.02. The molecule has 0 bridgehead atoms. The van der Waals surface area contributed by atoms with Crippen molar-refractivity contribution in [2.75, 3.05) is 0 Å². The molecule has 2 N–H and O–H groups in total. The van der Waals surface area contributed by atoms with Gasteiger partial charge in [-0.25, -0.2) is 0 Å². The van der Waals surface area contributed by atoms with Crippen LogP contribution in [0.3, 0.4) is 0 Å². The van der Waals surface area contributed by atoms with Crippen molar-refractivity contribution in [3.63, 3.8) is 0 Å². The Morgan fingerprint density at radius 1 is 1.53 bits per heavy atom. The molecule has 0 fully saturated rings. The summed E-state index contributed by atoms with van der Waals surface area (Å²) in [6.07, 6.45) is 2.49. The van der Waals surface area contributed by atoms with E-state index in [-0.39, 0.29) is 18.0 Å². The maximum atomic E-state index is 12.0. The van der Waals surface area contributed by atoms with Crippen LogP contribution in [0.1, 0.15) is 18.1 Å². The van der Waals surface area contributed by atoms with E-state index in [4.69, 9.17) is 0 Å². The topological polar surface area (TPSA) is 41.1 Å². The average molecular weight is 230 g/mol. The Labute approximate surface area is 102 Å². The highest BCUT2D eigenvalue weighted by atomic mass is 16.2. The first-order valence-electron chi connectivity index (χ1n) is 5.94. The van der Waals surface area contributed by atoms with Crippen molar-refractivity contribution < 1.29 is 4.79 Å². The van der Waals surface area contributed by atoms with Gasteiger partial charge in [-0.2, -0.15) is 0 Å². The molecule has 1 unspecified atom stereocenters. The van der Waals surface area contributed by atoms with Crippen molar-refractivity contribution in [1.82, 2.24) is 10.6 Å². The molecule has 1 aromatic carbocycles. The number of amides is 1. The summed E-state index contributed by atoms with van der Waals surface area (Å²) in [7, 11) is 0. The second-order valence-corrected chi connectivity index (χ2v) is 4.44. The predicted octanol–water partition coefficient (Wildman–Crippen LogP) is 1.39. The van der Waals surface area contributed by atoms with Gasteiger partial charge in [0.05, 0.1) is 6.04 Å². The average Bonchev–Trinajstić information content (AvgIpc) is 2.38. The van der Waals surface area contributed by atoms with Crippen LogP contribution in [-0.4, -0.2) is 18.0 Å². The van der Waals surface area contributed by atoms with Gasteiger partial charge in [0.1, 0.15) is 0 Å². The first kappa shape index (κ1) is 11.9. The van der Waals surface area contributed by atoms with Gasteiger partial charge in [0.25, 0.3) is 0 Å². The second kappa shape index (κ2) is 5.15. The zero-order chi connectivity index (χ0) is 12.3. The molecular formula is C14H18N2O. The highest BCUT2D eigenvalue weighted by Crippen LogP contribution is 2.16. The molecule has 0 aromatic heterocycles. The normalized spacial score (nSPS) is 20.2. The van der Waals surface area contributed by atoms with Crippen molar-refractivity contribution in [2.45, 2.75) is 32.0 Å². The summed E-state index contributed by atoms with van der Waals surface area (Å²) >= 11 is 0. The molecule has 90 valence electrons. The zero-order valence-corrected chi connectivity index (χ0v) is 10.1. The molecule has 1 aliphatic heterocycles. The Kier molecular flexibility index (Phi) is 3.59. The van der Waals surface area contributed by atoms with E-state index in [0.717, 1.165) is 13.0 Å². The molecule has 3 heteroatoms. The maximum absolute atomic E-state index is 12.0. The maximum Gasteiger partial charge on any atom is 0.237 e. The highest BCUT2D eigenvalue weighted by Gasteiger charge is 2.23. The lowest BCUT2D eigenvalue weighted by Crippen LogP contribution is -2.49. The lowest BCUT2D eigenvalue weighted by molar-refractivity contribution is -0.123. The standard InChI is InChI=1S/C14H18N2O/c1-3-10(2)16-14(17)13-8-11-6-4-5-7-12(11)9-15-13/h3-7,10,13,15H,1,8-9H2,2H3,(H,16,17)/t10?,13-/m0/s1. The molecule has 1 amide bonds. The molecule has 0 saturated carbocycles. The minimum Gasteiger partial charge on any atom is -0.349 e. The SMILES string of the molecule is C=CC(C)NC(=O)[C@@H]1Cc2ccccc2CN1. The highest BCUT2D eigenvalue weighted by molar-refractivity contribution is 5.82. The smallest absolute Gasteiger partial charge is 0.237 e. The monoisotopic (exact) mass is 230 g/mol. The van der Waals surface area contributed by atoms with Crippen LogP contribution in [0.2, 0.25) is 0 Å². The molecule has 1 aromatic rings. The summed E-state index contributed by atoms with van der Waals surface area (Å²) in [5.41, 5.74) is 2.55. The number of rotatable bonds is 3. The van der Waals surface area contributed by atoms with Gasteiger partial charge in [0.2, 0.25) is 5.91 Å². The van der Waals surface area contributed by atoms with Crippen molar-refractivity contribution in [3.8, 4) is 0 Å². The molecule has 0 saturated heterocycles. The lowest BCUT2D eigenvalue weighted by Gasteiger charge is -2.26. The number of hydrogen-bond donors (Lipinski definition) is 2. The summed E-state index contributed by atoms with van der Waals surface area (Å²) in [6, 6.07) is 8.12. The number of nitrogens with one attached hydrogen (secondary N) is 2. The summed E-state index contributed by atoms with van der Waals surface area (Å²) < 4.78 is 0. The summed E-state index contributed by atoms with van der Waals surface area (Å²) in [5.74, 6) is 0.0481. The minimum atomic E-state index is -0.132. The van der Waals surface area contributed by atoms with Crippen LogP contribution in [0, 0.1) is 0 Å². The first-order valence-corrected chi connectivity index (χ1v) is 5.94. The second-order valence-electron chi connectivity index (χ2n) is 4.44. The summed E-state index contributed by atoms with van der Waals surface area (Å²) in [4.78, 5) is 12.0. The molecule has 1 aliphatic rings. The molecule has 1 heterocycles. The number of hydrogen-bond acceptors (Lipinski definition) is 2. The van der Waals surface area contributed by atoms with Crippen LogP contribution in [0.25, 0.3) is 0 Å². The van der Waals surface area contributed by atoms with E-state index in [1.165, 1.54) is 11.1 Å². The molecular weight excluding hydrogens is 212 g/mol. The van der Waals surface area contributed by atoms with Gasteiger partial charge in [-0.3, -0.25) is 4.79 Å². The Hall–Kier alpha value is -1.61. The molecule has 3 nitrogen and oxygen atoms in total. The van der Waals surface area contributed by atoms with E-state index < -0.39 is 0 Å². The van der Waals surface area contributed by atoms with E-state index >= 15 is 0 Å². The third-order valence-electron chi connectivity index (χ3n) is 3.12. The third kappa shape index (κ3) is 2.74. The van der Waals surface area contributed by atoms with Crippen molar-refractivity contribution in [1.29, 1.82) is 0 Å². The lowest BCUT2D eigenvalue weighted by atomic mass is 9.95. The molecule has 2 atom stereocenters. The third-order valence-corrected chi connectivity index (χ3v) is 3.12. The van der Waals surface area contributed by atoms with Gasteiger partial charge in [0, 0.05) is 12.6 Å². The zero-order valence-electron chi connectivity index (χ0n) is 10.1. The van der Waals surface area contributed by atoms with E-state index in [1.54, 1.807) is 6.08 Å². The fourth-order valence-electron chi connectivity index (χ4n) is 2.02. The largest absolute Gasteiger partial charge is 0.349 e. The van der Waals surface area contributed by atoms with Gasteiger partial charge in [-0.15, -0.1) is 6.58 Å². The molecule has 17 heavy (non-hydrogen) atoms. The predicted molar refractivity (Wildman–Crippen MR) is 68.6 cm³/mol. The van der Waals surface area contributed by atoms with E-state index in [1.807, 2.05) is 19.1 Å². The van der Waals surface area contributed by atoms with Crippen LogP contribution in [0.4, 0.5) is 0 Å². The summed E-state index contributed by atoms with van der Waals surface area (Å²) in [5, 5.41) is 6.17. The van der Waals surface area contributed by atoms with Gasteiger partial charge in [-0.1, -0.05) is 30.3 Å². The fourth-order valence-corrected chi connectivity index (χ4v) is 2.02. The van der Waals surface area contributed by atoms with Gasteiger partial charge < -0.3 is 10.6 Å². The Morgan fingerprint density at radius 2 is 2.24 bits per heavy atom. The van der Waals surface area contributed by atoms with Crippen LogP contribution in [0.5, 0.6) is 0 Å². The quantitative estimate of drug-likeness (QED) is 0.770. The van der Waals surface area contributed by atoms with Gasteiger partial charge in [-0.05, 0) is 24.5 Å². The van der Waals surface area contributed by atoms with E-state index in [2.05, 4.69) is 29.3 Å². The molecule has 0 spiro atoms. The summed E-state index contributed by atoms with van der Waals surface area (Å²) in [6.45, 7) is 6.34. The Morgan fingerprint density at radius 3 is 2.94 bits per heavy atom. The van der Waals surface area contributed by atoms with Crippen LogP contribution in [-0.2, 0) is 17.8 Å². The van der Waals surface area contributed by atoms with Crippen molar-refractivity contribution in [2.24, 2.45) is 0 Å². The number of fused-ring (bicyclic) bond motifs is 1.